The van der Waals surface area contributed by atoms with E-state index in [1.165, 1.54) is 64.5 Å². The molecule has 4 rings (SSSR count). The zero-order chi connectivity index (χ0) is 44.9. The van der Waals surface area contributed by atoms with Gasteiger partial charge in [-0.3, -0.25) is 39.4 Å². The number of hydrogen-bond donors (Lipinski definition) is 2. The number of nitro benzene ring substituents is 2. The molecule has 4 aromatic carbocycles. The predicted octanol–water partition coefficient (Wildman–Crippen LogP) is 5.30. The van der Waals surface area contributed by atoms with E-state index in [0.29, 0.717) is 0 Å². The normalized spacial score (nSPS) is 11.1. The molecule has 0 aliphatic carbocycles. The van der Waals surface area contributed by atoms with E-state index in [-0.39, 0.29) is 94.7 Å². The Balaban J connectivity index is 0.000000413. The van der Waals surface area contributed by atoms with Crippen molar-refractivity contribution < 1.29 is 64.4 Å². The second-order valence-electron chi connectivity index (χ2n) is 11.6. The fraction of sp³-hybridized carbons (Fsp3) is 0.176. The third kappa shape index (κ3) is 14.7. The van der Waals surface area contributed by atoms with Crippen LogP contribution in [0.5, 0.6) is 11.5 Å². The van der Waals surface area contributed by atoms with Crippen LogP contribution in [0.2, 0.25) is 0 Å². The summed E-state index contributed by atoms with van der Waals surface area (Å²) in [5.41, 5.74) is -2.97. The molecule has 0 saturated heterocycles. The van der Waals surface area contributed by atoms with Gasteiger partial charge in [0.1, 0.15) is 54.7 Å². The Morgan fingerprint density at radius 2 is 0.918 bits per heavy atom. The minimum atomic E-state index is -5.26. The molecule has 0 aromatic heterocycles. The quantitative estimate of drug-likeness (QED) is 0.0359. The maximum absolute atomic E-state index is 11.9. The summed E-state index contributed by atoms with van der Waals surface area (Å²) in [6.07, 6.45) is -0.783. The van der Waals surface area contributed by atoms with E-state index < -0.39 is 87.3 Å². The van der Waals surface area contributed by atoms with E-state index in [0.717, 1.165) is 36.4 Å². The Bertz CT molecular complexity index is 2480. The predicted molar refractivity (Wildman–Crippen MR) is 210 cm³/mol. The van der Waals surface area contributed by atoms with E-state index in [1.807, 2.05) is 0 Å². The van der Waals surface area contributed by atoms with Crippen molar-refractivity contribution in [3.05, 3.63) is 93.0 Å². The number of ketones is 2. The Morgan fingerprint density at radius 1 is 0.590 bits per heavy atom. The number of nitro groups is 2. The molecular formula is C34H30BaN8O16S2. The zero-order valence-corrected chi connectivity index (χ0v) is 38.2. The SMILES string of the molecule is COc1cccc(NC(=O)CC(C)=O)c1N=Nc1cccc([N+](=O)[O-])c1S(=O)(=O)[O-].COc1cccc(NC(=O)CC(C)=O)c1N=Nc1cccc([N+](=O)[O-])c1S(=O)(=O)[O-].[Ba+2]. The van der Waals surface area contributed by atoms with Gasteiger partial charge in [-0.2, -0.15) is 0 Å². The summed E-state index contributed by atoms with van der Waals surface area (Å²) in [5, 5.41) is 42.1. The molecule has 0 fully saturated rings. The molecular weight excluding hydrogens is 978 g/mol. The van der Waals surface area contributed by atoms with Crippen LogP contribution in [0.3, 0.4) is 0 Å². The van der Waals surface area contributed by atoms with Crippen molar-refractivity contribution in [2.45, 2.75) is 36.5 Å². The monoisotopic (exact) mass is 1010 g/mol. The van der Waals surface area contributed by atoms with Crippen LogP contribution in [-0.2, 0) is 39.4 Å². The van der Waals surface area contributed by atoms with E-state index in [1.54, 1.807) is 0 Å². The largest absolute Gasteiger partial charge is 2.00 e. The molecule has 0 atom stereocenters. The molecule has 27 heteroatoms. The fourth-order valence-electron chi connectivity index (χ4n) is 4.81. The van der Waals surface area contributed by atoms with Gasteiger partial charge in [0.15, 0.2) is 21.2 Å². The standard InChI is InChI=1S/2C17H16N4O8S.Ba/c2*1-10(22)9-15(23)18-11-5-4-8-14(29-2)16(11)20-19-12-6-3-7-13(21(24)25)17(12)30(26,27)28;/h2*3-8H,9H2,1-2H3,(H,18,23)(H,26,27,28);/q;;+2/p-2. The average Bonchev–Trinajstić information content (AvgIpc) is 3.15. The molecule has 61 heavy (non-hydrogen) atoms. The second kappa shape index (κ2) is 22.7. The summed E-state index contributed by atoms with van der Waals surface area (Å²) >= 11 is 0. The molecule has 0 heterocycles. The molecule has 0 unspecified atom stereocenters. The summed E-state index contributed by atoms with van der Waals surface area (Å²) in [4.78, 5) is 63.9. The van der Waals surface area contributed by atoms with Gasteiger partial charge in [0.25, 0.3) is 11.4 Å². The van der Waals surface area contributed by atoms with Gasteiger partial charge in [0, 0.05) is 12.1 Å². The first kappa shape index (κ1) is 51.3. The molecule has 4 aromatic rings. The third-order valence-electron chi connectivity index (χ3n) is 7.16. The number of nitrogens with zero attached hydrogens (tertiary/aromatic N) is 6. The van der Waals surface area contributed by atoms with Crippen molar-refractivity contribution in [3.63, 3.8) is 0 Å². The molecule has 0 aliphatic heterocycles. The van der Waals surface area contributed by atoms with Gasteiger partial charge >= 0.3 is 48.9 Å². The van der Waals surface area contributed by atoms with Gasteiger partial charge in [-0.15, -0.1) is 20.5 Å². The first-order valence-corrected chi connectivity index (χ1v) is 19.1. The number of azo groups is 2. The Morgan fingerprint density at radius 3 is 1.20 bits per heavy atom. The summed E-state index contributed by atoms with van der Waals surface area (Å²) in [6, 6.07) is 14.9. The molecule has 316 valence electrons. The molecule has 2 amide bonds. The number of benzene rings is 4. The van der Waals surface area contributed by atoms with Crippen molar-refractivity contribution in [3.8, 4) is 11.5 Å². The number of methoxy groups -OCH3 is 2. The van der Waals surface area contributed by atoms with Gasteiger partial charge in [-0.25, -0.2) is 16.8 Å². The van der Waals surface area contributed by atoms with Crippen LogP contribution in [0.25, 0.3) is 0 Å². The molecule has 0 bridgehead atoms. The number of rotatable bonds is 16. The minimum Gasteiger partial charge on any atom is -0.744 e. The fourth-order valence-corrected chi connectivity index (χ4v) is 6.34. The van der Waals surface area contributed by atoms with Crippen LogP contribution < -0.4 is 20.1 Å². The minimum absolute atomic E-state index is 0. The maximum Gasteiger partial charge on any atom is 2.00 e. The number of amides is 2. The van der Waals surface area contributed by atoms with Crippen LogP contribution in [0.4, 0.5) is 45.5 Å². The van der Waals surface area contributed by atoms with Crippen molar-refractivity contribution in [1.29, 1.82) is 0 Å². The van der Waals surface area contributed by atoms with Gasteiger partial charge in [0.2, 0.25) is 11.8 Å². The van der Waals surface area contributed by atoms with Gasteiger partial charge in [-0.1, -0.05) is 24.3 Å². The topological polar surface area (TPSA) is 361 Å². The van der Waals surface area contributed by atoms with Crippen molar-refractivity contribution in [2.24, 2.45) is 20.5 Å². The zero-order valence-electron chi connectivity index (χ0n) is 32.1. The van der Waals surface area contributed by atoms with Gasteiger partial charge < -0.3 is 29.2 Å². The Kier molecular flexibility index (Phi) is 19.1. The number of carbonyl (C=O) groups excluding carboxylic acids is 4. The molecule has 2 N–H and O–H groups in total. The summed E-state index contributed by atoms with van der Waals surface area (Å²) in [6.45, 7) is 2.47. The molecule has 24 nitrogen and oxygen atoms in total. The summed E-state index contributed by atoms with van der Waals surface area (Å²) < 4.78 is 79.6. The number of Topliss-reactive ketones (excluding diaryl/α,β-unsaturated/α-hetero) is 2. The van der Waals surface area contributed by atoms with E-state index >= 15 is 0 Å². The number of nitrogens with one attached hydrogen (secondary N) is 2. The van der Waals surface area contributed by atoms with Crippen molar-refractivity contribution >= 4 is 138 Å². The van der Waals surface area contributed by atoms with Crippen LogP contribution in [0.1, 0.15) is 26.7 Å². The number of hydrogen-bond acceptors (Lipinski definition) is 20. The van der Waals surface area contributed by atoms with Crippen molar-refractivity contribution in [2.75, 3.05) is 24.9 Å². The molecule has 0 aliphatic rings. The Hall–Kier alpha value is -5.85. The maximum atomic E-state index is 11.9. The molecule has 0 spiro atoms. The Labute approximate surface area is 385 Å². The number of ether oxygens (including phenoxy) is 2. The first-order valence-electron chi connectivity index (χ1n) is 16.3. The summed E-state index contributed by atoms with van der Waals surface area (Å²) in [7, 11) is -7.91. The van der Waals surface area contributed by atoms with Crippen LogP contribution in [0, 0.1) is 20.2 Å². The third-order valence-corrected chi connectivity index (χ3v) is 9.00. The smallest absolute Gasteiger partial charge is 0.744 e. The van der Waals surface area contributed by atoms with Crippen LogP contribution >= 0.6 is 0 Å². The van der Waals surface area contributed by atoms with Crippen LogP contribution in [0.15, 0.2) is 103 Å². The average molecular weight is 1010 g/mol. The molecule has 0 radical (unpaired) electrons. The van der Waals surface area contributed by atoms with Gasteiger partial charge in [-0.05, 0) is 50.2 Å². The van der Waals surface area contributed by atoms with Crippen LogP contribution in [-0.4, -0.2) is 122 Å². The van der Waals surface area contributed by atoms with E-state index in [4.69, 9.17) is 9.47 Å². The number of anilines is 2. The van der Waals surface area contributed by atoms with Crippen molar-refractivity contribution in [1.82, 2.24) is 0 Å². The van der Waals surface area contributed by atoms with E-state index in [9.17, 15) is 65.3 Å². The second-order valence-corrected chi connectivity index (χ2v) is 14.3. The molecule has 0 saturated carbocycles. The first-order chi connectivity index (χ1) is 28.1. The van der Waals surface area contributed by atoms with E-state index in [2.05, 4.69) is 31.1 Å². The summed E-state index contributed by atoms with van der Waals surface area (Å²) in [5.74, 6) is -1.77. The number of carbonyl (C=O) groups is 4. The van der Waals surface area contributed by atoms with Gasteiger partial charge in [0.05, 0.1) is 48.3 Å².